The van der Waals surface area contributed by atoms with Crippen LogP contribution in [-0.4, -0.2) is 4.98 Å². The van der Waals surface area contributed by atoms with Crippen molar-refractivity contribution in [2.75, 3.05) is 0 Å². The van der Waals surface area contributed by atoms with Crippen LogP contribution in [0.15, 0.2) is 60.7 Å². The van der Waals surface area contributed by atoms with E-state index in [0.717, 1.165) is 30.3 Å². The summed E-state index contributed by atoms with van der Waals surface area (Å²) in [5.74, 6) is -0.320. The van der Waals surface area contributed by atoms with E-state index in [9.17, 15) is 31.6 Å². The molecule has 0 atom stereocenters. The van der Waals surface area contributed by atoms with Crippen LogP contribution in [0.4, 0.5) is 26.3 Å². The van der Waals surface area contributed by atoms with Gasteiger partial charge in [-0.2, -0.15) is 31.6 Å². The third-order valence-electron chi connectivity index (χ3n) is 3.82. The molecule has 0 saturated heterocycles. The first-order valence-corrected chi connectivity index (χ1v) is 8.01. The fraction of sp³-hybridized carbons (Fsp3) is 0.100. The Kier molecular flexibility index (Phi) is 5.20. The zero-order valence-corrected chi connectivity index (χ0v) is 14.3. The van der Waals surface area contributed by atoms with Crippen molar-refractivity contribution in [3.05, 3.63) is 77.4 Å². The van der Waals surface area contributed by atoms with Crippen molar-refractivity contribution < 1.29 is 31.1 Å². The summed E-state index contributed by atoms with van der Waals surface area (Å²) in [7, 11) is 0. The molecule has 0 saturated carbocycles. The number of pyridine rings is 1. The van der Waals surface area contributed by atoms with Gasteiger partial charge in [0.25, 0.3) is 0 Å². The van der Waals surface area contributed by atoms with Gasteiger partial charge in [0.1, 0.15) is 5.75 Å². The first-order chi connectivity index (χ1) is 13.6. The summed E-state index contributed by atoms with van der Waals surface area (Å²) in [4.78, 5) is 4.09. The normalized spacial score (nSPS) is 11.8. The molecule has 0 unspecified atom stereocenters. The summed E-state index contributed by atoms with van der Waals surface area (Å²) in [5, 5.41) is 9.17. The lowest BCUT2D eigenvalue weighted by Gasteiger charge is -2.11. The van der Waals surface area contributed by atoms with Gasteiger partial charge in [-0.05, 0) is 36.4 Å². The predicted molar refractivity (Wildman–Crippen MR) is 90.9 cm³/mol. The maximum absolute atomic E-state index is 12.8. The summed E-state index contributed by atoms with van der Waals surface area (Å²) in [5.41, 5.74) is -1.27. The molecule has 1 heterocycles. The van der Waals surface area contributed by atoms with Crippen LogP contribution in [0.25, 0.3) is 11.3 Å². The van der Waals surface area contributed by atoms with Crippen LogP contribution in [0.1, 0.15) is 16.7 Å². The molecule has 148 valence electrons. The monoisotopic (exact) mass is 408 g/mol. The molecule has 0 spiro atoms. The Hall–Kier alpha value is -3.54. The SMILES string of the molecule is N#Cc1cc(Oc2cccc(C(F)(F)F)c2)nc(-c2ccc(C(F)(F)F)cc2)c1. The van der Waals surface area contributed by atoms with Crippen molar-refractivity contribution in [3.8, 4) is 29.0 Å². The molecule has 0 aliphatic rings. The van der Waals surface area contributed by atoms with Gasteiger partial charge in [-0.3, -0.25) is 0 Å². The highest BCUT2D eigenvalue weighted by atomic mass is 19.4. The van der Waals surface area contributed by atoms with Gasteiger partial charge in [0, 0.05) is 11.6 Å². The highest BCUT2D eigenvalue weighted by molar-refractivity contribution is 5.62. The van der Waals surface area contributed by atoms with Gasteiger partial charge >= 0.3 is 12.4 Å². The van der Waals surface area contributed by atoms with Crippen LogP contribution >= 0.6 is 0 Å². The Labute approximate surface area is 160 Å². The van der Waals surface area contributed by atoms with E-state index in [0.29, 0.717) is 0 Å². The van der Waals surface area contributed by atoms with Crippen LogP contribution in [-0.2, 0) is 12.4 Å². The number of nitrogens with zero attached hydrogens (tertiary/aromatic N) is 2. The minimum Gasteiger partial charge on any atom is -0.439 e. The van der Waals surface area contributed by atoms with E-state index in [1.54, 1.807) is 0 Å². The molecule has 0 N–H and O–H groups in total. The molecule has 0 aliphatic heterocycles. The average molecular weight is 408 g/mol. The van der Waals surface area contributed by atoms with Gasteiger partial charge in [-0.15, -0.1) is 0 Å². The lowest BCUT2D eigenvalue weighted by atomic mass is 10.1. The molecule has 0 amide bonds. The smallest absolute Gasteiger partial charge is 0.416 e. The number of rotatable bonds is 3. The molecule has 0 fully saturated rings. The van der Waals surface area contributed by atoms with Crippen molar-refractivity contribution in [2.45, 2.75) is 12.4 Å². The Bertz CT molecular complexity index is 1070. The molecule has 9 heteroatoms. The van der Waals surface area contributed by atoms with Gasteiger partial charge in [0.05, 0.1) is 28.5 Å². The molecule has 3 nitrogen and oxygen atoms in total. The summed E-state index contributed by atoms with van der Waals surface area (Å²) in [6.45, 7) is 0. The number of hydrogen-bond acceptors (Lipinski definition) is 3. The minimum atomic E-state index is -4.56. The van der Waals surface area contributed by atoms with Crippen molar-refractivity contribution >= 4 is 0 Å². The van der Waals surface area contributed by atoms with Crippen LogP contribution in [0.5, 0.6) is 11.6 Å². The van der Waals surface area contributed by atoms with Crippen molar-refractivity contribution in [1.29, 1.82) is 5.26 Å². The first kappa shape index (κ1) is 20.2. The quantitative estimate of drug-likeness (QED) is 0.468. The number of alkyl halides is 6. The molecule has 0 radical (unpaired) electrons. The van der Waals surface area contributed by atoms with E-state index in [1.165, 1.54) is 30.3 Å². The highest BCUT2D eigenvalue weighted by Gasteiger charge is 2.31. The summed E-state index contributed by atoms with van der Waals surface area (Å²) in [6, 6.07) is 12.6. The fourth-order valence-electron chi connectivity index (χ4n) is 2.46. The Morgan fingerprint density at radius 1 is 0.793 bits per heavy atom. The molecule has 3 aromatic rings. The van der Waals surface area contributed by atoms with Crippen LogP contribution in [0, 0.1) is 11.3 Å². The van der Waals surface area contributed by atoms with E-state index in [2.05, 4.69) is 4.98 Å². The summed E-state index contributed by atoms with van der Waals surface area (Å²) in [6.07, 6.45) is -9.06. The van der Waals surface area contributed by atoms with Gasteiger partial charge in [-0.25, -0.2) is 4.98 Å². The van der Waals surface area contributed by atoms with Crippen molar-refractivity contribution in [1.82, 2.24) is 4.98 Å². The number of ether oxygens (including phenoxy) is 1. The fourth-order valence-corrected chi connectivity index (χ4v) is 2.46. The Morgan fingerprint density at radius 2 is 1.45 bits per heavy atom. The van der Waals surface area contributed by atoms with Gasteiger partial charge in [0.15, 0.2) is 0 Å². The lowest BCUT2D eigenvalue weighted by Crippen LogP contribution is -2.04. The lowest BCUT2D eigenvalue weighted by molar-refractivity contribution is -0.138. The molecule has 2 aromatic carbocycles. The first-order valence-electron chi connectivity index (χ1n) is 8.01. The number of benzene rings is 2. The van der Waals surface area contributed by atoms with Crippen LogP contribution < -0.4 is 4.74 Å². The van der Waals surface area contributed by atoms with Crippen molar-refractivity contribution in [2.24, 2.45) is 0 Å². The predicted octanol–water partition coefficient (Wildman–Crippen LogP) is 6.45. The third-order valence-corrected chi connectivity index (χ3v) is 3.82. The number of halogens is 6. The van der Waals surface area contributed by atoms with E-state index in [4.69, 9.17) is 4.74 Å². The van der Waals surface area contributed by atoms with Crippen LogP contribution in [0.3, 0.4) is 0 Å². The minimum absolute atomic E-state index is 0.0804. The molecular formula is C20H10F6N2O. The van der Waals surface area contributed by atoms with E-state index < -0.39 is 23.5 Å². The zero-order chi connectivity index (χ0) is 21.2. The standard InChI is InChI=1S/C20H10F6N2O/c21-19(22,23)14-6-4-13(5-7-14)17-8-12(11-27)9-18(28-17)29-16-3-1-2-15(10-16)20(24,25)26/h1-10H. The largest absolute Gasteiger partial charge is 0.439 e. The number of hydrogen-bond donors (Lipinski definition) is 0. The maximum atomic E-state index is 12.8. The van der Waals surface area contributed by atoms with Gasteiger partial charge in [0.2, 0.25) is 5.88 Å². The van der Waals surface area contributed by atoms with E-state index >= 15 is 0 Å². The second-order valence-electron chi connectivity index (χ2n) is 5.89. The van der Waals surface area contributed by atoms with Crippen LogP contribution in [0.2, 0.25) is 0 Å². The Morgan fingerprint density at radius 3 is 2.03 bits per heavy atom. The molecular weight excluding hydrogens is 398 g/mol. The zero-order valence-electron chi connectivity index (χ0n) is 14.3. The third kappa shape index (κ3) is 4.85. The van der Waals surface area contributed by atoms with Gasteiger partial charge in [-0.1, -0.05) is 18.2 Å². The molecule has 1 aromatic heterocycles. The highest BCUT2D eigenvalue weighted by Crippen LogP contribution is 2.34. The molecule has 0 aliphatic carbocycles. The molecule has 3 rings (SSSR count). The summed E-state index contributed by atoms with van der Waals surface area (Å²) >= 11 is 0. The Balaban J connectivity index is 1.95. The number of nitriles is 1. The maximum Gasteiger partial charge on any atom is 0.416 e. The average Bonchev–Trinajstić information content (AvgIpc) is 2.66. The van der Waals surface area contributed by atoms with E-state index in [-0.39, 0.29) is 28.5 Å². The van der Waals surface area contributed by atoms with E-state index in [1.807, 2.05) is 6.07 Å². The second kappa shape index (κ2) is 7.47. The number of aromatic nitrogens is 1. The molecule has 0 bridgehead atoms. The molecule has 29 heavy (non-hydrogen) atoms. The second-order valence-corrected chi connectivity index (χ2v) is 5.89. The van der Waals surface area contributed by atoms with Crippen molar-refractivity contribution in [3.63, 3.8) is 0 Å². The van der Waals surface area contributed by atoms with Gasteiger partial charge < -0.3 is 4.74 Å². The topological polar surface area (TPSA) is 45.9 Å². The summed E-state index contributed by atoms with van der Waals surface area (Å²) < 4.78 is 82.0.